The number of hydrogen-bond donors (Lipinski definition) is 1. The van der Waals surface area contributed by atoms with Crippen molar-refractivity contribution in [3.8, 4) is 0 Å². The van der Waals surface area contributed by atoms with E-state index in [1.807, 2.05) is 11.8 Å². The number of rotatable bonds is 6. The first kappa shape index (κ1) is 11.8. The van der Waals surface area contributed by atoms with Crippen molar-refractivity contribution in [3.63, 3.8) is 0 Å². The normalized spacial score (nSPS) is 10.1. The van der Waals surface area contributed by atoms with Crippen LogP contribution in [0.4, 0.5) is 5.82 Å². The summed E-state index contributed by atoms with van der Waals surface area (Å²) >= 11 is 5.28. The van der Waals surface area contributed by atoms with Crippen LogP contribution in [0.15, 0.2) is 17.0 Å². The fraction of sp³-hybridized carbons (Fsp3) is 0.556. The zero-order valence-electron chi connectivity index (χ0n) is 8.16. The molecule has 14 heavy (non-hydrogen) atoms. The van der Waals surface area contributed by atoms with Crippen LogP contribution >= 0.6 is 27.7 Å². The number of hydrogen-bond acceptors (Lipinski definition) is 4. The summed E-state index contributed by atoms with van der Waals surface area (Å²) in [5.74, 6) is 2.11. The molecule has 0 unspecified atom stereocenters. The molecule has 0 aliphatic rings. The molecule has 0 atom stereocenters. The first-order chi connectivity index (χ1) is 6.84. The minimum absolute atomic E-state index is 0.879. The van der Waals surface area contributed by atoms with Gasteiger partial charge in [0.1, 0.15) is 12.1 Å². The van der Waals surface area contributed by atoms with Gasteiger partial charge in [-0.15, -0.1) is 0 Å². The van der Waals surface area contributed by atoms with E-state index < -0.39 is 0 Å². The Hall–Kier alpha value is -0.290. The molecule has 0 fully saturated rings. The van der Waals surface area contributed by atoms with Gasteiger partial charge in [0.15, 0.2) is 0 Å². The van der Waals surface area contributed by atoms with Gasteiger partial charge < -0.3 is 5.32 Å². The van der Waals surface area contributed by atoms with Crippen LogP contribution in [0.2, 0.25) is 0 Å². The van der Waals surface area contributed by atoms with Gasteiger partial charge in [0.05, 0.1) is 4.47 Å². The molecule has 0 saturated carbocycles. The van der Waals surface area contributed by atoms with Crippen molar-refractivity contribution in [2.45, 2.75) is 12.8 Å². The third-order valence-electron chi connectivity index (χ3n) is 1.74. The number of nitrogens with zero attached hydrogens (tertiary/aromatic N) is 2. The highest BCUT2D eigenvalue weighted by Gasteiger charge is 1.98. The smallest absolute Gasteiger partial charge is 0.143 e. The third-order valence-corrected chi connectivity index (χ3v) is 3.01. The first-order valence-corrected chi connectivity index (χ1v) is 6.71. The summed E-state index contributed by atoms with van der Waals surface area (Å²) in [5.41, 5.74) is 0. The van der Waals surface area contributed by atoms with E-state index in [1.165, 1.54) is 18.6 Å². The Labute approximate surface area is 97.2 Å². The number of aromatic nitrogens is 2. The Morgan fingerprint density at radius 3 is 3.07 bits per heavy atom. The van der Waals surface area contributed by atoms with Gasteiger partial charge in [-0.05, 0) is 40.8 Å². The van der Waals surface area contributed by atoms with Crippen LogP contribution in [0.5, 0.6) is 0 Å². The van der Waals surface area contributed by atoms with Crippen molar-refractivity contribution in [1.82, 2.24) is 9.97 Å². The van der Waals surface area contributed by atoms with Gasteiger partial charge in [0.25, 0.3) is 0 Å². The van der Waals surface area contributed by atoms with Crippen LogP contribution < -0.4 is 5.32 Å². The lowest BCUT2D eigenvalue weighted by Gasteiger charge is -2.05. The molecule has 0 amide bonds. The lowest BCUT2D eigenvalue weighted by molar-refractivity contribution is 0.838. The summed E-state index contributed by atoms with van der Waals surface area (Å²) in [6.45, 7) is 0.968. The summed E-state index contributed by atoms with van der Waals surface area (Å²) in [5, 5.41) is 3.26. The van der Waals surface area contributed by atoms with Crippen LogP contribution in [0, 0.1) is 0 Å². The third kappa shape index (κ3) is 4.28. The highest BCUT2D eigenvalue weighted by Crippen LogP contribution is 2.16. The zero-order chi connectivity index (χ0) is 10.2. The predicted octanol–water partition coefficient (Wildman–Crippen LogP) is 2.79. The Bertz CT molecular complexity index is 270. The van der Waals surface area contributed by atoms with E-state index in [1.54, 1.807) is 12.5 Å². The van der Waals surface area contributed by atoms with E-state index in [0.717, 1.165) is 16.8 Å². The molecule has 78 valence electrons. The molecule has 1 aromatic heterocycles. The summed E-state index contributed by atoms with van der Waals surface area (Å²) < 4.78 is 0.921. The maximum Gasteiger partial charge on any atom is 0.143 e. The Balaban J connectivity index is 2.21. The van der Waals surface area contributed by atoms with E-state index in [4.69, 9.17) is 0 Å². The summed E-state index contributed by atoms with van der Waals surface area (Å²) in [6, 6.07) is 0. The minimum Gasteiger partial charge on any atom is -0.369 e. The first-order valence-electron chi connectivity index (χ1n) is 4.53. The van der Waals surface area contributed by atoms with Gasteiger partial charge >= 0.3 is 0 Å². The quantitative estimate of drug-likeness (QED) is 0.811. The molecule has 1 rings (SSSR count). The second-order valence-electron chi connectivity index (χ2n) is 2.85. The number of thioether (sulfide) groups is 1. The van der Waals surface area contributed by atoms with Crippen molar-refractivity contribution in [2.24, 2.45) is 0 Å². The second-order valence-corrected chi connectivity index (χ2v) is 4.69. The molecule has 0 spiro atoms. The molecule has 0 saturated heterocycles. The molecule has 3 nitrogen and oxygen atoms in total. The van der Waals surface area contributed by atoms with E-state index in [0.29, 0.717) is 0 Å². The molecule has 1 N–H and O–H groups in total. The predicted molar refractivity (Wildman–Crippen MR) is 65.8 cm³/mol. The molecule has 0 aromatic carbocycles. The highest BCUT2D eigenvalue weighted by atomic mass is 79.9. The maximum atomic E-state index is 4.12. The maximum absolute atomic E-state index is 4.12. The molecular weight excluding hydrogens is 262 g/mol. The van der Waals surface area contributed by atoms with Crippen molar-refractivity contribution in [2.75, 3.05) is 23.9 Å². The largest absolute Gasteiger partial charge is 0.369 e. The van der Waals surface area contributed by atoms with E-state index in [2.05, 4.69) is 37.5 Å². The highest BCUT2D eigenvalue weighted by molar-refractivity contribution is 9.10. The van der Waals surface area contributed by atoms with Gasteiger partial charge in [-0.2, -0.15) is 11.8 Å². The molecular formula is C9H14BrN3S. The van der Waals surface area contributed by atoms with Crippen molar-refractivity contribution < 1.29 is 0 Å². The van der Waals surface area contributed by atoms with Gasteiger partial charge in [-0.25, -0.2) is 9.97 Å². The Kier molecular flexibility index (Phi) is 5.94. The molecule has 0 aliphatic heterocycles. The standard InChI is InChI=1S/C9H14BrN3S/c1-14-5-3-2-4-12-9-8(10)6-11-7-13-9/h6-7H,2-5H2,1H3,(H,11,12,13). The van der Waals surface area contributed by atoms with Crippen molar-refractivity contribution in [1.29, 1.82) is 0 Å². The monoisotopic (exact) mass is 275 g/mol. The molecule has 0 bridgehead atoms. The average molecular weight is 276 g/mol. The van der Waals surface area contributed by atoms with Crippen LogP contribution in [0.1, 0.15) is 12.8 Å². The SMILES string of the molecule is CSCCCCNc1ncncc1Br. The summed E-state index contributed by atoms with van der Waals surface area (Å²) in [7, 11) is 0. The fourth-order valence-corrected chi connectivity index (χ4v) is 1.87. The minimum atomic E-state index is 0.879. The van der Waals surface area contributed by atoms with E-state index in [9.17, 15) is 0 Å². The fourth-order valence-electron chi connectivity index (χ4n) is 1.02. The molecule has 1 heterocycles. The molecule has 1 aromatic rings. The summed E-state index contributed by atoms with van der Waals surface area (Å²) in [4.78, 5) is 8.02. The Morgan fingerprint density at radius 1 is 1.50 bits per heavy atom. The lowest BCUT2D eigenvalue weighted by Crippen LogP contribution is -2.04. The lowest BCUT2D eigenvalue weighted by atomic mass is 10.3. The molecule has 0 radical (unpaired) electrons. The zero-order valence-corrected chi connectivity index (χ0v) is 10.6. The van der Waals surface area contributed by atoms with Crippen molar-refractivity contribution >= 4 is 33.5 Å². The second kappa shape index (κ2) is 7.06. The van der Waals surface area contributed by atoms with Crippen LogP contribution in [-0.4, -0.2) is 28.5 Å². The topological polar surface area (TPSA) is 37.8 Å². The van der Waals surface area contributed by atoms with E-state index >= 15 is 0 Å². The van der Waals surface area contributed by atoms with Crippen LogP contribution in [0.3, 0.4) is 0 Å². The number of halogens is 1. The number of anilines is 1. The van der Waals surface area contributed by atoms with Gasteiger partial charge in [0.2, 0.25) is 0 Å². The van der Waals surface area contributed by atoms with Crippen LogP contribution in [0.25, 0.3) is 0 Å². The van der Waals surface area contributed by atoms with Crippen LogP contribution in [-0.2, 0) is 0 Å². The molecule has 0 aliphatic carbocycles. The van der Waals surface area contributed by atoms with Gasteiger partial charge in [-0.3, -0.25) is 0 Å². The number of nitrogens with one attached hydrogen (secondary N) is 1. The molecule has 5 heteroatoms. The summed E-state index contributed by atoms with van der Waals surface area (Å²) in [6.07, 6.45) is 7.86. The van der Waals surface area contributed by atoms with Gasteiger partial charge in [-0.1, -0.05) is 0 Å². The van der Waals surface area contributed by atoms with Gasteiger partial charge in [0, 0.05) is 12.7 Å². The van der Waals surface area contributed by atoms with E-state index in [-0.39, 0.29) is 0 Å². The average Bonchev–Trinajstić information content (AvgIpc) is 2.20. The Morgan fingerprint density at radius 2 is 2.36 bits per heavy atom. The van der Waals surface area contributed by atoms with Crippen molar-refractivity contribution in [3.05, 3.63) is 17.0 Å². The number of unbranched alkanes of at least 4 members (excludes halogenated alkanes) is 1.